The van der Waals surface area contributed by atoms with Crippen LogP contribution in [-0.2, 0) is 13.0 Å². The number of aromatic nitrogens is 3. The third kappa shape index (κ3) is 4.11. The van der Waals surface area contributed by atoms with Crippen molar-refractivity contribution in [2.24, 2.45) is 0 Å². The van der Waals surface area contributed by atoms with E-state index in [1.807, 2.05) is 71.3 Å². The van der Waals surface area contributed by atoms with Crippen LogP contribution in [0.15, 0.2) is 72.9 Å². The lowest BCUT2D eigenvalue weighted by molar-refractivity contribution is 0.251. The minimum atomic E-state index is -0.218. The van der Waals surface area contributed by atoms with Gasteiger partial charge in [0.2, 0.25) is 0 Å². The molecule has 0 saturated carbocycles. The van der Waals surface area contributed by atoms with Crippen LogP contribution in [0, 0.1) is 0 Å². The standard InChI is InChI=1S/C23H23N5O/c1-2-17-9-6-7-12-19(17)27-23(29)25-15-16-28-21(18-10-4-3-5-11-18)26-20-13-8-14-24-22(20)28/h3-14H,2,15-16H2,1H3,(H2,25,27,29). The normalized spacial score (nSPS) is 10.8. The van der Waals surface area contributed by atoms with E-state index in [-0.39, 0.29) is 6.03 Å². The number of amides is 2. The monoisotopic (exact) mass is 385 g/mol. The zero-order valence-corrected chi connectivity index (χ0v) is 16.3. The number of aryl methyl sites for hydroxylation is 1. The third-order valence-corrected chi connectivity index (χ3v) is 4.80. The summed E-state index contributed by atoms with van der Waals surface area (Å²) in [5.41, 5.74) is 4.62. The average molecular weight is 385 g/mol. The Balaban J connectivity index is 1.49. The number of rotatable bonds is 6. The molecular weight excluding hydrogens is 362 g/mol. The van der Waals surface area contributed by atoms with Gasteiger partial charge in [0.25, 0.3) is 0 Å². The maximum absolute atomic E-state index is 12.4. The minimum absolute atomic E-state index is 0.218. The van der Waals surface area contributed by atoms with Gasteiger partial charge in [-0.15, -0.1) is 0 Å². The molecule has 4 aromatic rings. The van der Waals surface area contributed by atoms with Crippen molar-refractivity contribution in [1.82, 2.24) is 19.9 Å². The SMILES string of the molecule is CCc1ccccc1NC(=O)NCCn1c(-c2ccccc2)nc2cccnc21. The molecule has 0 unspecified atom stereocenters. The lowest BCUT2D eigenvalue weighted by Gasteiger charge is -2.12. The van der Waals surface area contributed by atoms with Crippen LogP contribution in [0.3, 0.4) is 0 Å². The molecule has 0 aliphatic heterocycles. The highest BCUT2D eigenvalue weighted by Gasteiger charge is 2.13. The summed E-state index contributed by atoms with van der Waals surface area (Å²) in [5, 5.41) is 5.87. The number of para-hydroxylation sites is 1. The molecule has 0 bridgehead atoms. The molecule has 0 radical (unpaired) electrons. The number of urea groups is 1. The Morgan fingerprint density at radius 3 is 2.62 bits per heavy atom. The van der Waals surface area contributed by atoms with Gasteiger partial charge in [-0.1, -0.05) is 55.5 Å². The first kappa shape index (κ1) is 18.7. The van der Waals surface area contributed by atoms with Gasteiger partial charge in [-0.2, -0.15) is 0 Å². The van der Waals surface area contributed by atoms with E-state index in [4.69, 9.17) is 4.98 Å². The van der Waals surface area contributed by atoms with Gasteiger partial charge in [0.15, 0.2) is 5.65 Å². The van der Waals surface area contributed by atoms with Crippen LogP contribution in [0.5, 0.6) is 0 Å². The van der Waals surface area contributed by atoms with Crippen molar-refractivity contribution in [2.75, 3.05) is 11.9 Å². The smallest absolute Gasteiger partial charge is 0.319 e. The molecule has 0 saturated heterocycles. The van der Waals surface area contributed by atoms with Crippen molar-refractivity contribution in [3.63, 3.8) is 0 Å². The molecule has 0 fully saturated rings. The van der Waals surface area contributed by atoms with Gasteiger partial charge in [-0.3, -0.25) is 0 Å². The fraction of sp³-hybridized carbons (Fsp3) is 0.174. The topological polar surface area (TPSA) is 71.8 Å². The van der Waals surface area contributed by atoms with Crippen molar-refractivity contribution < 1.29 is 4.79 Å². The van der Waals surface area contributed by atoms with Gasteiger partial charge in [-0.05, 0) is 30.2 Å². The third-order valence-electron chi connectivity index (χ3n) is 4.80. The van der Waals surface area contributed by atoms with E-state index in [0.29, 0.717) is 13.1 Å². The van der Waals surface area contributed by atoms with E-state index >= 15 is 0 Å². The fourth-order valence-electron chi connectivity index (χ4n) is 3.38. The van der Waals surface area contributed by atoms with E-state index in [2.05, 4.69) is 22.5 Å². The second-order valence-electron chi connectivity index (χ2n) is 6.69. The number of imidazole rings is 1. The van der Waals surface area contributed by atoms with Crippen LogP contribution < -0.4 is 10.6 Å². The van der Waals surface area contributed by atoms with Crippen LogP contribution >= 0.6 is 0 Å². The molecule has 2 N–H and O–H groups in total. The number of carbonyl (C=O) groups is 1. The maximum atomic E-state index is 12.4. The largest absolute Gasteiger partial charge is 0.336 e. The molecule has 2 aromatic carbocycles. The van der Waals surface area contributed by atoms with Crippen molar-refractivity contribution >= 4 is 22.9 Å². The molecular formula is C23H23N5O. The van der Waals surface area contributed by atoms with Gasteiger partial charge in [0.1, 0.15) is 11.3 Å². The van der Waals surface area contributed by atoms with Crippen LogP contribution in [0.4, 0.5) is 10.5 Å². The molecule has 2 amide bonds. The Kier molecular flexibility index (Phi) is 5.52. The highest BCUT2D eigenvalue weighted by atomic mass is 16.2. The minimum Gasteiger partial charge on any atom is -0.336 e. The first-order valence-electron chi connectivity index (χ1n) is 9.75. The summed E-state index contributed by atoms with van der Waals surface area (Å²) in [4.78, 5) is 21.6. The molecule has 2 aromatic heterocycles. The fourth-order valence-corrected chi connectivity index (χ4v) is 3.38. The quantitative estimate of drug-likeness (QED) is 0.514. The van der Waals surface area contributed by atoms with Gasteiger partial charge < -0.3 is 15.2 Å². The summed E-state index contributed by atoms with van der Waals surface area (Å²) >= 11 is 0. The van der Waals surface area contributed by atoms with Gasteiger partial charge in [-0.25, -0.2) is 14.8 Å². The number of hydrogen-bond acceptors (Lipinski definition) is 3. The summed E-state index contributed by atoms with van der Waals surface area (Å²) in [6.45, 7) is 3.10. The lowest BCUT2D eigenvalue weighted by atomic mass is 10.1. The predicted molar refractivity (Wildman–Crippen MR) is 116 cm³/mol. The molecule has 6 nitrogen and oxygen atoms in total. The first-order valence-corrected chi connectivity index (χ1v) is 9.75. The van der Waals surface area contributed by atoms with Gasteiger partial charge in [0.05, 0.1) is 0 Å². The van der Waals surface area contributed by atoms with Crippen LogP contribution in [0.25, 0.3) is 22.6 Å². The zero-order chi connectivity index (χ0) is 20.1. The van der Waals surface area contributed by atoms with Crippen LogP contribution in [0.2, 0.25) is 0 Å². The van der Waals surface area contributed by atoms with E-state index in [0.717, 1.165) is 40.2 Å². The Morgan fingerprint density at radius 2 is 1.79 bits per heavy atom. The predicted octanol–water partition coefficient (Wildman–Crippen LogP) is 4.48. The van der Waals surface area contributed by atoms with Crippen molar-refractivity contribution in [3.8, 4) is 11.4 Å². The summed E-state index contributed by atoms with van der Waals surface area (Å²) in [6.07, 6.45) is 2.63. The number of benzene rings is 2. The Bertz CT molecular complexity index is 1120. The van der Waals surface area contributed by atoms with Crippen molar-refractivity contribution in [2.45, 2.75) is 19.9 Å². The molecule has 29 heavy (non-hydrogen) atoms. The maximum Gasteiger partial charge on any atom is 0.319 e. The highest BCUT2D eigenvalue weighted by Crippen LogP contribution is 2.23. The molecule has 0 atom stereocenters. The molecule has 0 spiro atoms. The number of nitrogens with one attached hydrogen (secondary N) is 2. The van der Waals surface area contributed by atoms with Gasteiger partial charge >= 0.3 is 6.03 Å². The van der Waals surface area contributed by atoms with E-state index in [1.54, 1.807) is 6.20 Å². The Morgan fingerprint density at radius 1 is 1.00 bits per heavy atom. The Hall–Kier alpha value is -3.67. The van der Waals surface area contributed by atoms with Crippen molar-refractivity contribution in [3.05, 3.63) is 78.5 Å². The molecule has 2 heterocycles. The molecule has 146 valence electrons. The van der Waals surface area contributed by atoms with Crippen LogP contribution in [-0.4, -0.2) is 27.1 Å². The molecule has 4 rings (SSSR count). The number of carbonyl (C=O) groups excluding carboxylic acids is 1. The second kappa shape index (κ2) is 8.56. The number of nitrogens with zero attached hydrogens (tertiary/aromatic N) is 3. The summed E-state index contributed by atoms with van der Waals surface area (Å²) in [7, 11) is 0. The summed E-state index contributed by atoms with van der Waals surface area (Å²) in [5.74, 6) is 0.845. The number of pyridine rings is 1. The number of hydrogen-bond donors (Lipinski definition) is 2. The second-order valence-corrected chi connectivity index (χ2v) is 6.69. The number of anilines is 1. The van der Waals surface area contributed by atoms with E-state index < -0.39 is 0 Å². The molecule has 0 aliphatic rings. The lowest BCUT2D eigenvalue weighted by Crippen LogP contribution is -2.32. The summed E-state index contributed by atoms with van der Waals surface area (Å²) < 4.78 is 2.05. The first-order chi connectivity index (χ1) is 14.3. The number of fused-ring (bicyclic) bond motifs is 1. The van der Waals surface area contributed by atoms with Crippen molar-refractivity contribution in [1.29, 1.82) is 0 Å². The van der Waals surface area contributed by atoms with E-state index in [9.17, 15) is 4.79 Å². The highest BCUT2D eigenvalue weighted by molar-refractivity contribution is 5.90. The summed E-state index contributed by atoms with van der Waals surface area (Å²) in [6, 6.07) is 21.5. The Labute approximate surface area is 169 Å². The molecule has 6 heteroatoms. The molecule has 0 aliphatic carbocycles. The average Bonchev–Trinajstić information content (AvgIpc) is 3.13. The zero-order valence-electron chi connectivity index (χ0n) is 16.3. The van der Waals surface area contributed by atoms with Crippen LogP contribution in [0.1, 0.15) is 12.5 Å². The van der Waals surface area contributed by atoms with Gasteiger partial charge in [0, 0.05) is 30.5 Å². The van der Waals surface area contributed by atoms with E-state index in [1.165, 1.54) is 0 Å².